The number of nitrogens with zero attached hydrogens (tertiary/aromatic N) is 1. The first-order valence-electron chi connectivity index (χ1n) is 5.70. The molecule has 0 spiro atoms. The van der Waals surface area contributed by atoms with Gasteiger partial charge in [0.1, 0.15) is 0 Å². The summed E-state index contributed by atoms with van der Waals surface area (Å²) in [5.41, 5.74) is 7.48. The van der Waals surface area contributed by atoms with Crippen molar-refractivity contribution >= 4 is 23.2 Å². The third-order valence-electron chi connectivity index (χ3n) is 3.17. The summed E-state index contributed by atoms with van der Waals surface area (Å²) in [7, 11) is 0. The van der Waals surface area contributed by atoms with Crippen molar-refractivity contribution in [2.24, 2.45) is 5.73 Å². The average Bonchev–Trinajstić information content (AvgIpc) is 2.51. The molecule has 1 atom stereocenters. The predicted octanol–water partition coefficient (Wildman–Crippen LogP) is 2.31. The largest absolute Gasteiger partial charge is 0.320 e. The Kier molecular flexibility index (Phi) is 2.92. The first kappa shape index (κ1) is 12.4. The fraction of sp³-hybridized carbons (Fsp3) is 0.462. The van der Waals surface area contributed by atoms with Crippen molar-refractivity contribution in [1.82, 2.24) is 0 Å². The second-order valence-electron chi connectivity index (χ2n) is 5.23. The van der Waals surface area contributed by atoms with Gasteiger partial charge in [-0.3, -0.25) is 4.79 Å². The van der Waals surface area contributed by atoms with Crippen molar-refractivity contribution < 1.29 is 4.79 Å². The van der Waals surface area contributed by atoms with E-state index in [1.807, 2.05) is 18.2 Å². The fourth-order valence-electron chi connectivity index (χ4n) is 2.41. The molecule has 3 nitrogen and oxygen atoms in total. The predicted molar refractivity (Wildman–Crippen MR) is 70.5 cm³/mol. The lowest BCUT2D eigenvalue weighted by molar-refractivity contribution is -0.119. The van der Waals surface area contributed by atoms with Crippen LogP contribution in [0.4, 0.5) is 5.69 Å². The van der Waals surface area contributed by atoms with Gasteiger partial charge in [0, 0.05) is 28.2 Å². The summed E-state index contributed by atoms with van der Waals surface area (Å²) in [5, 5.41) is 0.715. The molecule has 0 aromatic heterocycles. The molecule has 1 aliphatic rings. The highest BCUT2D eigenvalue weighted by molar-refractivity contribution is 6.32. The maximum Gasteiger partial charge on any atom is 0.243 e. The van der Waals surface area contributed by atoms with Gasteiger partial charge >= 0.3 is 0 Å². The number of hydrogen-bond donors (Lipinski definition) is 1. The summed E-state index contributed by atoms with van der Waals surface area (Å²) in [6, 6.07) is 5.16. The lowest BCUT2D eigenvalue weighted by Gasteiger charge is -2.22. The molecular formula is C13H17ClN2O. The third kappa shape index (κ3) is 1.94. The zero-order valence-electron chi connectivity index (χ0n) is 10.3. The number of anilines is 1. The van der Waals surface area contributed by atoms with Crippen LogP contribution < -0.4 is 10.6 Å². The molecule has 0 unspecified atom stereocenters. The molecule has 0 bridgehead atoms. The number of amides is 1. The van der Waals surface area contributed by atoms with Crippen LogP contribution in [0.25, 0.3) is 0 Å². The highest BCUT2D eigenvalue weighted by Gasteiger charge is 2.39. The second-order valence-corrected chi connectivity index (χ2v) is 5.64. The summed E-state index contributed by atoms with van der Waals surface area (Å²) in [6.45, 7) is 6.52. The van der Waals surface area contributed by atoms with Crippen LogP contribution >= 0.6 is 11.6 Å². The van der Waals surface area contributed by atoms with E-state index < -0.39 is 6.04 Å². The molecule has 1 aromatic rings. The molecule has 17 heavy (non-hydrogen) atoms. The van der Waals surface area contributed by atoms with Crippen molar-refractivity contribution in [3.8, 4) is 0 Å². The van der Waals surface area contributed by atoms with Gasteiger partial charge in [0.25, 0.3) is 0 Å². The number of carbonyl (C=O) groups is 1. The molecule has 92 valence electrons. The summed E-state index contributed by atoms with van der Waals surface area (Å²) < 4.78 is 0. The van der Waals surface area contributed by atoms with E-state index in [0.717, 1.165) is 11.3 Å². The molecule has 2 rings (SSSR count). The summed E-state index contributed by atoms with van der Waals surface area (Å²) in [6.07, 6.45) is 0. The van der Waals surface area contributed by atoms with Crippen LogP contribution in [0, 0.1) is 0 Å². The lowest BCUT2D eigenvalue weighted by Crippen LogP contribution is -2.43. The minimum atomic E-state index is -0.490. The SMILES string of the molecule is C[C@H](N)C(=O)N1CC(C)(C)c2c(Cl)cccc21. The molecule has 4 heteroatoms. The Hall–Kier alpha value is -1.06. The highest BCUT2D eigenvalue weighted by Crippen LogP contribution is 2.44. The first-order valence-corrected chi connectivity index (χ1v) is 6.08. The van der Waals surface area contributed by atoms with Crippen molar-refractivity contribution in [1.29, 1.82) is 0 Å². The van der Waals surface area contributed by atoms with Crippen LogP contribution in [-0.2, 0) is 10.2 Å². The van der Waals surface area contributed by atoms with Gasteiger partial charge < -0.3 is 10.6 Å². The van der Waals surface area contributed by atoms with Crippen LogP contribution in [0.1, 0.15) is 26.3 Å². The molecule has 1 aliphatic heterocycles. The molecule has 0 fully saturated rings. The van der Waals surface area contributed by atoms with Crippen LogP contribution in [0.3, 0.4) is 0 Å². The Morgan fingerprint density at radius 1 is 1.53 bits per heavy atom. The molecule has 0 radical (unpaired) electrons. The summed E-state index contributed by atoms with van der Waals surface area (Å²) >= 11 is 6.23. The lowest BCUT2D eigenvalue weighted by atomic mass is 9.87. The van der Waals surface area contributed by atoms with Crippen molar-refractivity contribution in [3.63, 3.8) is 0 Å². The van der Waals surface area contributed by atoms with E-state index in [9.17, 15) is 4.79 Å². The monoisotopic (exact) mass is 252 g/mol. The number of halogens is 1. The van der Waals surface area contributed by atoms with E-state index in [-0.39, 0.29) is 11.3 Å². The fourth-order valence-corrected chi connectivity index (χ4v) is 2.83. The van der Waals surface area contributed by atoms with Crippen LogP contribution in [0.2, 0.25) is 5.02 Å². The van der Waals surface area contributed by atoms with Gasteiger partial charge in [0.15, 0.2) is 0 Å². The van der Waals surface area contributed by atoms with Gasteiger partial charge in [-0.1, -0.05) is 31.5 Å². The molecule has 1 aromatic carbocycles. The molecular weight excluding hydrogens is 236 g/mol. The van der Waals surface area contributed by atoms with Gasteiger partial charge in [-0.05, 0) is 19.1 Å². The van der Waals surface area contributed by atoms with Crippen LogP contribution in [-0.4, -0.2) is 18.5 Å². The summed E-state index contributed by atoms with van der Waals surface area (Å²) in [4.78, 5) is 13.8. The van der Waals surface area contributed by atoms with E-state index in [1.54, 1.807) is 11.8 Å². The van der Waals surface area contributed by atoms with Gasteiger partial charge in [-0.25, -0.2) is 0 Å². The van der Waals surface area contributed by atoms with Crippen molar-refractivity contribution in [2.75, 3.05) is 11.4 Å². The minimum Gasteiger partial charge on any atom is -0.320 e. The van der Waals surface area contributed by atoms with Gasteiger partial charge in [-0.15, -0.1) is 0 Å². The zero-order chi connectivity index (χ0) is 12.8. The normalized spacial score (nSPS) is 19.0. The van der Waals surface area contributed by atoms with E-state index in [2.05, 4.69) is 13.8 Å². The summed E-state index contributed by atoms with van der Waals surface area (Å²) in [5.74, 6) is -0.0564. The maximum atomic E-state index is 12.1. The molecule has 2 N–H and O–H groups in total. The number of hydrogen-bond acceptors (Lipinski definition) is 2. The Bertz CT molecular complexity index is 468. The van der Waals surface area contributed by atoms with E-state index in [0.29, 0.717) is 11.6 Å². The van der Waals surface area contributed by atoms with Crippen molar-refractivity contribution in [3.05, 3.63) is 28.8 Å². The Balaban J connectivity index is 2.53. The molecule has 0 saturated carbocycles. The number of rotatable bonds is 1. The number of nitrogens with two attached hydrogens (primary N) is 1. The van der Waals surface area contributed by atoms with Gasteiger partial charge in [0.05, 0.1) is 6.04 Å². The van der Waals surface area contributed by atoms with Crippen molar-refractivity contribution in [2.45, 2.75) is 32.2 Å². The zero-order valence-corrected chi connectivity index (χ0v) is 11.1. The molecule has 1 heterocycles. The topological polar surface area (TPSA) is 46.3 Å². The number of fused-ring (bicyclic) bond motifs is 1. The van der Waals surface area contributed by atoms with E-state index >= 15 is 0 Å². The first-order chi connectivity index (χ1) is 7.84. The van der Waals surface area contributed by atoms with Crippen LogP contribution in [0.5, 0.6) is 0 Å². The van der Waals surface area contributed by atoms with Gasteiger partial charge in [-0.2, -0.15) is 0 Å². The smallest absolute Gasteiger partial charge is 0.243 e. The number of benzene rings is 1. The molecule has 1 amide bonds. The Morgan fingerprint density at radius 2 is 2.18 bits per heavy atom. The van der Waals surface area contributed by atoms with Crippen LogP contribution in [0.15, 0.2) is 18.2 Å². The Morgan fingerprint density at radius 3 is 2.76 bits per heavy atom. The molecule has 0 aliphatic carbocycles. The Labute approximate surface area is 107 Å². The minimum absolute atomic E-state index is 0.0564. The van der Waals surface area contributed by atoms with Gasteiger partial charge in [0.2, 0.25) is 5.91 Å². The standard InChI is InChI=1S/C13H17ClN2O/c1-8(15)12(17)16-7-13(2,3)11-9(14)5-4-6-10(11)16/h4-6,8H,7,15H2,1-3H3/t8-/m0/s1. The average molecular weight is 253 g/mol. The maximum absolute atomic E-state index is 12.1. The number of carbonyl (C=O) groups excluding carboxylic acids is 1. The van der Waals surface area contributed by atoms with E-state index in [1.165, 1.54) is 0 Å². The third-order valence-corrected chi connectivity index (χ3v) is 3.48. The highest BCUT2D eigenvalue weighted by atomic mass is 35.5. The van der Waals surface area contributed by atoms with E-state index in [4.69, 9.17) is 17.3 Å². The quantitative estimate of drug-likeness (QED) is 0.834. The second kappa shape index (κ2) is 4.00. The molecule has 0 saturated heterocycles.